The average molecular weight is 494 g/mol. The summed E-state index contributed by atoms with van der Waals surface area (Å²) >= 11 is 3.26. The Bertz CT molecular complexity index is 1250. The highest BCUT2D eigenvalue weighted by atomic mass is 32.2. The first-order valence-corrected chi connectivity index (χ1v) is 12.7. The number of ether oxygens (including phenoxy) is 1. The van der Waals surface area contributed by atoms with E-state index < -0.39 is 10.9 Å². The predicted molar refractivity (Wildman–Crippen MR) is 134 cm³/mol. The molecule has 3 heterocycles. The van der Waals surface area contributed by atoms with Crippen LogP contribution in [0.25, 0.3) is 0 Å². The van der Waals surface area contributed by atoms with E-state index in [1.165, 1.54) is 0 Å². The van der Waals surface area contributed by atoms with Gasteiger partial charge < -0.3 is 20.3 Å². The number of amides is 3. The number of thioether (sulfide) groups is 1. The highest BCUT2D eigenvalue weighted by molar-refractivity contribution is 8.00. The van der Waals surface area contributed by atoms with E-state index in [1.54, 1.807) is 83.6 Å². The summed E-state index contributed by atoms with van der Waals surface area (Å²) in [6.45, 7) is 0. The zero-order chi connectivity index (χ0) is 23.7. The third-order valence-corrected chi connectivity index (χ3v) is 8.82. The highest BCUT2D eigenvalue weighted by Crippen LogP contribution is 2.55. The van der Waals surface area contributed by atoms with Gasteiger partial charge in [-0.15, -0.1) is 23.1 Å². The zero-order valence-electron chi connectivity index (χ0n) is 18.4. The van der Waals surface area contributed by atoms with Crippen LogP contribution < -0.4 is 15.4 Å². The molecule has 2 N–H and O–H groups in total. The number of nitrogens with one attached hydrogen (secondary N) is 2. The molecule has 0 spiro atoms. The van der Waals surface area contributed by atoms with E-state index in [-0.39, 0.29) is 17.7 Å². The molecule has 5 rings (SSSR count). The molecule has 9 heteroatoms. The van der Waals surface area contributed by atoms with Crippen molar-refractivity contribution in [2.24, 2.45) is 0 Å². The maximum atomic E-state index is 13.4. The quantitative estimate of drug-likeness (QED) is 0.527. The number of carbonyl (C=O) groups is 3. The van der Waals surface area contributed by atoms with Gasteiger partial charge in [0.15, 0.2) is 0 Å². The van der Waals surface area contributed by atoms with Crippen molar-refractivity contribution in [2.75, 3.05) is 23.5 Å². The highest BCUT2D eigenvalue weighted by Gasteiger charge is 2.57. The first-order chi connectivity index (χ1) is 16.5. The number of carbonyl (C=O) groups excluding carboxylic acids is 3. The lowest BCUT2D eigenvalue weighted by Gasteiger charge is -2.32. The molecule has 3 amide bonds. The number of methoxy groups -OCH3 is 1. The second-order valence-electron chi connectivity index (χ2n) is 8.07. The number of benzene rings is 2. The molecule has 2 aromatic carbocycles. The molecule has 2 atom stereocenters. The van der Waals surface area contributed by atoms with Crippen LogP contribution in [0.5, 0.6) is 5.75 Å². The molecule has 34 heavy (non-hydrogen) atoms. The van der Waals surface area contributed by atoms with Crippen LogP contribution in [0.3, 0.4) is 0 Å². The van der Waals surface area contributed by atoms with Gasteiger partial charge >= 0.3 is 0 Å². The smallest absolute Gasteiger partial charge is 0.257 e. The van der Waals surface area contributed by atoms with Gasteiger partial charge in [-0.2, -0.15) is 0 Å². The first kappa shape index (κ1) is 22.5. The summed E-state index contributed by atoms with van der Waals surface area (Å²) in [5.74, 6) is 0.483. The second kappa shape index (κ2) is 9.15. The van der Waals surface area contributed by atoms with Crippen LogP contribution in [0.1, 0.15) is 28.1 Å². The summed E-state index contributed by atoms with van der Waals surface area (Å²) in [6, 6.07) is 17.3. The van der Waals surface area contributed by atoms with Gasteiger partial charge in [0.2, 0.25) is 11.8 Å². The molecule has 2 fully saturated rings. The van der Waals surface area contributed by atoms with E-state index in [1.807, 2.05) is 17.5 Å². The summed E-state index contributed by atoms with van der Waals surface area (Å²) in [5, 5.41) is 7.75. The summed E-state index contributed by atoms with van der Waals surface area (Å²) in [5.41, 5.74) is 1.32. The average Bonchev–Trinajstić information content (AvgIpc) is 3.58. The van der Waals surface area contributed by atoms with Gasteiger partial charge in [-0.05, 0) is 42.1 Å². The minimum absolute atomic E-state index is 0.0115. The Hall–Kier alpha value is -3.30. The van der Waals surface area contributed by atoms with Gasteiger partial charge in [0.25, 0.3) is 5.91 Å². The zero-order valence-corrected chi connectivity index (χ0v) is 20.1. The van der Waals surface area contributed by atoms with Gasteiger partial charge in [0.1, 0.15) is 16.7 Å². The molecule has 2 aliphatic heterocycles. The summed E-state index contributed by atoms with van der Waals surface area (Å²) in [4.78, 5) is 41.6. The minimum atomic E-state index is -0.600. The van der Waals surface area contributed by atoms with Crippen molar-refractivity contribution in [2.45, 2.75) is 23.8 Å². The van der Waals surface area contributed by atoms with Crippen LogP contribution in [-0.2, 0) is 14.5 Å². The molecule has 0 unspecified atom stereocenters. The number of hydrogen-bond donors (Lipinski definition) is 2. The van der Waals surface area contributed by atoms with Crippen molar-refractivity contribution in [3.05, 3.63) is 76.5 Å². The lowest BCUT2D eigenvalue weighted by Crippen LogP contribution is -2.47. The molecule has 0 bridgehead atoms. The van der Waals surface area contributed by atoms with Crippen molar-refractivity contribution >= 4 is 52.2 Å². The molecule has 0 saturated carbocycles. The Morgan fingerprint density at radius 2 is 1.94 bits per heavy atom. The number of para-hydroxylation sites is 1. The summed E-state index contributed by atoms with van der Waals surface area (Å²) < 4.78 is 5.21. The predicted octanol–water partition coefficient (Wildman–Crippen LogP) is 4.54. The van der Waals surface area contributed by atoms with Crippen molar-refractivity contribution in [1.29, 1.82) is 0 Å². The number of rotatable bonds is 6. The fourth-order valence-corrected chi connectivity index (χ4v) is 7.21. The molecule has 2 aliphatic rings. The molecular weight excluding hydrogens is 470 g/mol. The first-order valence-electron chi connectivity index (χ1n) is 10.9. The van der Waals surface area contributed by atoms with Crippen LogP contribution in [0, 0.1) is 0 Å². The summed E-state index contributed by atoms with van der Waals surface area (Å²) in [7, 11) is 1.56. The third-order valence-electron chi connectivity index (χ3n) is 6.09. The Morgan fingerprint density at radius 1 is 1.09 bits per heavy atom. The van der Waals surface area contributed by atoms with Crippen LogP contribution in [0.15, 0.2) is 66.0 Å². The van der Waals surface area contributed by atoms with Crippen LogP contribution >= 0.6 is 23.1 Å². The topological polar surface area (TPSA) is 87.7 Å². The summed E-state index contributed by atoms with van der Waals surface area (Å²) in [6.07, 6.45) is 1.12. The maximum Gasteiger partial charge on any atom is 0.257 e. The van der Waals surface area contributed by atoms with E-state index in [4.69, 9.17) is 4.74 Å². The SMILES string of the molecule is COc1cccc(NC(=O)c2ccccc2NC(=O)[C@@H]2CS[C@@]3(c4cccs4)CCC(=O)N23)c1. The van der Waals surface area contributed by atoms with E-state index in [0.29, 0.717) is 41.3 Å². The van der Waals surface area contributed by atoms with Gasteiger partial charge in [0, 0.05) is 28.8 Å². The Morgan fingerprint density at radius 3 is 2.74 bits per heavy atom. The third kappa shape index (κ3) is 3.95. The molecule has 174 valence electrons. The lowest BCUT2D eigenvalue weighted by molar-refractivity contribution is -0.136. The van der Waals surface area contributed by atoms with Crippen LogP contribution in [0.4, 0.5) is 11.4 Å². The molecular formula is C25H23N3O4S2. The molecule has 0 radical (unpaired) electrons. The Labute approximate surface area is 205 Å². The van der Waals surface area contributed by atoms with Crippen molar-refractivity contribution in [1.82, 2.24) is 4.90 Å². The number of fused-ring (bicyclic) bond motifs is 1. The van der Waals surface area contributed by atoms with Gasteiger partial charge in [-0.3, -0.25) is 14.4 Å². The monoisotopic (exact) mass is 493 g/mol. The van der Waals surface area contributed by atoms with E-state index in [0.717, 1.165) is 4.88 Å². The van der Waals surface area contributed by atoms with Gasteiger partial charge in [0.05, 0.1) is 18.4 Å². The van der Waals surface area contributed by atoms with E-state index >= 15 is 0 Å². The Kier molecular flexibility index (Phi) is 6.05. The number of nitrogens with zero attached hydrogens (tertiary/aromatic N) is 1. The standard InChI is InChI=1S/C25H23N3O4S2/c1-32-17-7-4-6-16(14-17)26-23(30)18-8-2-3-9-19(18)27-24(31)20-15-34-25(21-10-5-13-33-21)12-11-22(29)28(20)25/h2-10,13-14,20H,11-12,15H2,1H3,(H,26,30)(H,27,31)/t20-,25+/m0/s1. The maximum absolute atomic E-state index is 13.4. The van der Waals surface area contributed by atoms with Gasteiger partial charge in [-0.25, -0.2) is 0 Å². The lowest BCUT2D eigenvalue weighted by atomic mass is 10.1. The number of thiophene rings is 1. The number of hydrogen-bond acceptors (Lipinski definition) is 6. The normalized spacial score (nSPS) is 21.3. The fraction of sp³-hybridized carbons (Fsp3) is 0.240. The van der Waals surface area contributed by atoms with Crippen LogP contribution in [-0.4, -0.2) is 41.5 Å². The van der Waals surface area contributed by atoms with E-state index in [2.05, 4.69) is 10.6 Å². The van der Waals surface area contributed by atoms with E-state index in [9.17, 15) is 14.4 Å². The molecule has 2 saturated heterocycles. The van der Waals surface area contributed by atoms with Crippen LogP contribution in [0.2, 0.25) is 0 Å². The molecule has 7 nitrogen and oxygen atoms in total. The number of anilines is 2. The molecule has 1 aromatic heterocycles. The molecule has 0 aliphatic carbocycles. The molecule has 3 aromatic rings. The largest absolute Gasteiger partial charge is 0.497 e. The minimum Gasteiger partial charge on any atom is -0.497 e. The van der Waals surface area contributed by atoms with Crippen molar-refractivity contribution in [3.8, 4) is 5.75 Å². The Balaban J connectivity index is 1.36. The fourth-order valence-electron chi connectivity index (χ4n) is 4.49. The van der Waals surface area contributed by atoms with Crippen molar-refractivity contribution in [3.63, 3.8) is 0 Å². The van der Waals surface area contributed by atoms with Gasteiger partial charge in [-0.1, -0.05) is 24.3 Å². The van der Waals surface area contributed by atoms with Crippen molar-refractivity contribution < 1.29 is 19.1 Å². The second-order valence-corrected chi connectivity index (χ2v) is 10.3.